The summed E-state index contributed by atoms with van der Waals surface area (Å²) in [5, 5.41) is 4.49. The first-order valence-corrected chi connectivity index (χ1v) is 4.79. The standard InChI is InChI=1S/C9H5BrClNO/c10-7-3-6(4-8(11)5-7)9-1-2-13-12-9/h1-5H. The van der Waals surface area contributed by atoms with E-state index >= 15 is 0 Å². The van der Waals surface area contributed by atoms with E-state index in [-0.39, 0.29) is 0 Å². The van der Waals surface area contributed by atoms with Gasteiger partial charge in [0.1, 0.15) is 12.0 Å². The number of nitrogens with zero attached hydrogens (tertiary/aromatic N) is 1. The first-order valence-electron chi connectivity index (χ1n) is 3.62. The van der Waals surface area contributed by atoms with E-state index in [2.05, 4.69) is 21.1 Å². The molecule has 2 aromatic rings. The van der Waals surface area contributed by atoms with Crippen molar-refractivity contribution in [3.8, 4) is 11.3 Å². The molecule has 13 heavy (non-hydrogen) atoms. The molecule has 4 heteroatoms. The maximum atomic E-state index is 5.88. The molecule has 0 aliphatic carbocycles. The highest BCUT2D eigenvalue weighted by molar-refractivity contribution is 9.10. The topological polar surface area (TPSA) is 26.0 Å². The molecule has 0 saturated heterocycles. The number of benzene rings is 1. The van der Waals surface area contributed by atoms with E-state index in [9.17, 15) is 0 Å². The van der Waals surface area contributed by atoms with E-state index in [1.54, 1.807) is 6.07 Å². The summed E-state index contributed by atoms with van der Waals surface area (Å²) < 4.78 is 5.67. The van der Waals surface area contributed by atoms with E-state index in [0.717, 1.165) is 15.7 Å². The van der Waals surface area contributed by atoms with E-state index < -0.39 is 0 Å². The zero-order valence-corrected chi connectivity index (χ0v) is 8.84. The lowest BCUT2D eigenvalue weighted by Gasteiger charge is -1.97. The Morgan fingerprint density at radius 3 is 2.77 bits per heavy atom. The summed E-state index contributed by atoms with van der Waals surface area (Å²) in [6, 6.07) is 7.39. The van der Waals surface area contributed by atoms with Gasteiger partial charge in [-0.3, -0.25) is 0 Å². The van der Waals surface area contributed by atoms with Gasteiger partial charge in [0.15, 0.2) is 0 Å². The van der Waals surface area contributed by atoms with Gasteiger partial charge in [-0.15, -0.1) is 0 Å². The average molecular weight is 259 g/mol. The monoisotopic (exact) mass is 257 g/mol. The molecule has 1 aromatic carbocycles. The van der Waals surface area contributed by atoms with Gasteiger partial charge in [0.2, 0.25) is 0 Å². The van der Waals surface area contributed by atoms with Crippen molar-refractivity contribution in [2.24, 2.45) is 0 Å². The SMILES string of the molecule is Clc1cc(Br)cc(-c2ccon2)c1. The van der Waals surface area contributed by atoms with Crippen LogP contribution in [0.15, 0.2) is 39.5 Å². The number of rotatable bonds is 1. The number of halogens is 2. The quantitative estimate of drug-likeness (QED) is 0.778. The molecule has 0 aliphatic heterocycles. The molecular formula is C9H5BrClNO. The molecule has 0 atom stereocenters. The Kier molecular flexibility index (Phi) is 2.38. The van der Waals surface area contributed by atoms with Crippen LogP contribution in [0.5, 0.6) is 0 Å². The van der Waals surface area contributed by atoms with E-state index in [1.165, 1.54) is 6.26 Å². The summed E-state index contributed by atoms with van der Waals surface area (Å²) in [5.41, 5.74) is 1.72. The molecular weight excluding hydrogens is 253 g/mol. The lowest BCUT2D eigenvalue weighted by atomic mass is 10.2. The van der Waals surface area contributed by atoms with Gasteiger partial charge in [0.05, 0.1) is 0 Å². The molecule has 0 spiro atoms. The van der Waals surface area contributed by atoms with Crippen molar-refractivity contribution < 1.29 is 4.52 Å². The van der Waals surface area contributed by atoms with Gasteiger partial charge in [0, 0.05) is 21.1 Å². The molecule has 0 unspecified atom stereocenters. The first-order chi connectivity index (χ1) is 6.25. The van der Waals surface area contributed by atoms with Gasteiger partial charge >= 0.3 is 0 Å². The van der Waals surface area contributed by atoms with Crippen LogP contribution in [0.4, 0.5) is 0 Å². The van der Waals surface area contributed by atoms with Gasteiger partial charge in [0.25, 0.3) is 0 Å². The lowest BCUT2D eigenvalue weighted by molar-refractivity contribution is 0.422. The zero-order valence-electron chi connectivity index (χ0n) is 6.50. The third-order valence-corrected chi connectivity index (χ3v) is 2.27. The molecule has 0 aliphatic rings. The van der Waals surface area contributed by atoms with Crippen LogP contribution in [0.25, 0.3) is 11.3 Å². The molecule has 0 fully saturated rings. The molecule has 0 bridgehead atoms. The Balaban J connectivity index is 2.53. The summed E-state index contributed by atoms with van der Waals surface area (Å²) >= 11 is 9.23. The van der Waals surface area contributed by atoms with E-state index in [0.29, 0.717) is 5.02 Å². The molecule has 0 saturated carbocycles. The summed E-state index contributed by atoms with van der Waals surface area (Å²) in [4.78, 5) is 0. The van der Waals surface area contributed by atoms with Gasteiger partial charge < -0.3 is 4.52 Å². The summed E-state index contributed by atoms with van der Waals surface area (Å²) in [6.07, 6.45) is 1.53. The Morgan fingerprint density at radius 1 is 1.31 bits per heavy atom. The van der Waals surface area contributed by atoms with E-state index in [1.807, 2.05) is 18.2 Å². The molecule has 0 amide bonds. The number of hydrogen-bond donors (Lipinski definition) is 0. The van der Waals surface area contributed by atoms with Crippen molar-refractivity contribution in [3.05, 3.63) is 40.0 Å². The highest BCUT2D eigenvalue weighted by Crippen LogP contribution is 2.26. The normalized spacial score (nSPS) is 10.3. The number of hydrogen-bond acceptors (Lipinski definition) is 2. The molecule has 1 aromatic heterocycles. The molecule has 2 rings (SSSR count). The Morgan fingerprint density at radius 2 is 2.15 bits per heavy atom. The fourth-order valence-electron chi connectivity index (χ4n) is 1.06. The Bertz CT molecular complexity index is 393. The van der Waals surface area contributed by atoms with Crippen molar-refractivity contribution in [3.63, 3.8) is 0 Å². The molecule has 1 heterocycles. The largest absolute Gasteiger partial charge is 0.364 e. The molecule has 0 N–H and O–H groups in total. The first kappa shape index (κ1) is 8.78. The zero-order chi connectivity index (χ0) is 9.26. The maximum Gasteiger partial charge on any atom is 0.124 e. The third-order valence-electron chi connectivity index (χ3n) is 1.60. The van der Waals surface area contributed by atoms with Crippen molar-refractivity contribution in [2.75, 3.05) is 0 Å². The predicted octanol–water partition coefficient (Wildman–Crippen LogP) is 3.76. The van der Waals surface area contributed by atoms with Gasteiger partial charge in [-0.25, -0.2) is 0 Å². The summed E-state index contributed by atoms with van der Waals surface area (Å²) in [6.45, 7) is 0. The smallest absolute Gasteiger partial charge is 0.124 e. The highest BCUT2D eigenvalue weighted by Gasteiger charge is 2.03. The van der Waals surface area contributed by atoms with Crippen LogP contribution in [0, 0.1) is 0 Å². The van der Waals surface area contributed by atoms with E-state index in [4.69, 9.17) is 16.1 Å². The fourth-order valence-corrected chi connectivity index (χ4v) is 1.92. The van der Waals surface area contributed by atoms with Crippen LogP contribution in [0.3, 0.4) is 0 Å². The maximum absolute atomic E-state index is 5.88. The van der Waals surface area contributed by atoms with Gasteiger partial charge in [-0.05, 0) is 18.2 Å². The fraction of sp³-hybridized carbons (Fsp3) is 0. The number of aromatic nitrogens is 1. The minimum Gasteiger partial charge on any atom is -0.364 e. The van der Waals surface area contributed by atoms with Crippen LogP contribution in [0.2, 0.25) is 5.02 Å². The Hall–Kier alpha value is -0.800. The van der Waals surface area contributed by atoms with Crippen molar-refractivity contribution in [1.29, 1.82) is 0 Å². The van der Waals surface area contributed by atoms with Crippen LogP contribution in [-0.4, -0.2) is 5.16 Å². The van der Waals surface area contributed by atoms with Crippen LogP contribution < -0.4 is 0 Å². The molecule has 2 nitrogen and oxygen atoms in total. The summed E-state index contributed by atoms with van der Waals surface area (Å²) in [5.74, 6) is 0. The summed E-state index contributed by atoms with van der Waals surface area (Å²) in [7, 11) is 0. The lowest BCUT2D eigenvalue weighted by Crippen LogP contribution is -1.77. The van der Waals surface area contributed by atoms with Crippen LogP contribution >= 0.6 is 27.5 Å². The average Bonchev–Trinajstić information content (AvgIpc) is 2.53. The molecule has 0 radical (unpaired) electrons. The third kappa shape index (κ3) is 1.92. The van der Waals surface area contributed by atoms with Crippen molar-refractivity contribution in [2.45, 2.75) is 0 Å². The minimum absolute atomic E-state index is 0.673. The van der Waals surface area contributed by atoms with Gasteiger partial charge in [-0.1, -0.05) is 32.7 Å². The van der Waals surface area contributed by atoms with Crippen molar-refractivity contribution in [1.82, 2.24) is 5.16 Å². The highest BCUT2D eigenvalue weighted by atomic mass is 79.9. The van der Waals surface area contributed by atoms with Gasteiger partial charge in [-0.2, -0.15) is 0 Å². The van der Waals surface area contributed by atoms with Crippen LogP contribution in [-0.2, 0) is 0 Å². The van der Waals surface area contributed by atoms with Crippen molar-refractivity contribution >= 4 is 27.5 Å². The minimum atomic E-state index is 0.673. The second-order valence-corrected chi connectivity index (χ2v) is 3.89. The predicted molar refractivity (Wildman–Crippen MR) is 54.6 cm³/mol. The second kappa shape index (κ2) is 3.52. The second-order valence-electron chi connectivity index (χ2n) is 2.54. The molecule has 66 valence electrons. The Labute approximate surface area is 88.6 Å². The van der Waals surface area contributed by atoms with Crippen LogP contribution in [0.1, 0.15) is 0 Å².